The van der Waals surface area contributed by atoms with Gasteiger partial charge in [0.2, 0.25) is 0 Å². The molecule has 0 N–H and O–H groups in total. The van der Waals surface area contributed by atoms with Gasteiger partial charge in [0.05, 0.1) is 4.92 Å². The van der Waals surface area contributed by atoms with Crippen molar-refractivity contribution >= 4 is 24.0 Å². The lowest BCUT2D eigenvalue weighted by Crippen LogP contribution is -2.42. The number of benzene rings is 4. The van der Waals surface area contributed by atoms with Gasteiger partial charge >= 0.3 is 18.3 Å². The molecule has 0 radical (unpaired) electrons. The summed E-state index contributed by atoms with van der Waals surface area (Å²) in [6.07, 6.45) is 0.848. The van der Waals surface area contributed by atoms with Crippen molar-refractivity contribution in [2.75, 3.05) is 45.8 Å². The molecule has 0 aliphatic carbocycles. The van der Waals surface area contributed by atoms with Crippen LogP contribution in [-0.2, 0) is 40.6 Å². The number of nitrogens with zero attached hydrogens (tertiary/aromatic N) is 5. The molecule has 1 unspecified atom stereocenters. The molecule has 1 aliphatic rings. The van der Waals surface area contributed by atoms with E-state index in [1.165, 1.54) is 12.1 Å². The van der Waals surface area contributed by atoms with Gasteiger partial charge in [0.25, 0.3) is 5.69 Å². The lowest BCUT2D eigenvalue weighted by atomic mass is 10.1. The Morgan fingerprint density at radius 3 is 1.30 bits per heavy atom. The minimum atomic E-state index is -0.466. The van der Waals surface area contributed by atoms with Gasteiger partial charge in [0, 0.05) is 70.5 Å². The smallest absolute Gasteiger partial charge is 0.410 e. The van der Waals surface area contributed by atoms with Gasteiger partial charge in [-0.15, -0.1) is 0 Å². The van der Waals surface area contributed by atoms with Crippen molar-refractivity contribution in [1.82, 2.24) is 19.6 Å². The number of nitro benzene ring substituents is 1. The Balaban J connectivity index is 1.33. The monoisotopic (exact) mass is 779 g/mol. The summed E-state index contributed by atoms with van der Waals surface area (Å²) >= 11 is 0. The lowest BCUT2D eigenvalue weighted by Gasteiger charge is -2.33. The summed E-state index contributed by atoms with van der Waals surface area (Å²) in [7, 11) is 0. The second-order valence-corrected chi connectivity index (χ2v) is 14.2. The standard InChI is InChI=1S/C44H53N5O8/c1-36-24-31-47(44(52)57-35-40-18-9-4-10-19-40)29-12-27-45(42(50)55-33-38-14-5-2-6-15-38)25-11-26-46(43(51)56-34-39-16-7-3-8-17-39)28-13-30-48(36)32-37-20-22-41(23-21-37)49(53)54/h2-10,14-23,36H,11-13,24-35H2,1H3. The van der Waals surface area contributed by atoms with Crippen LogP contribution in [0.15, 0.2) is 115 Å². The molecule has 1 saturated heterocycles. The third kappa shape index (κ3) is 14.3. The largest absolute Gasteiger partial charge is 0.445 e. The maximum absolute atomic E-state index is 13.6. The summed E-state index contributed by atoms with van der Waals surface area (Å²) < 4.78 is 17.3. The first kappa shape index (κ1) is 42.2. The summed E-state index contributed by atoms with van der Waals surface area (Å²) in [6.45, 7) is 5.81. The molecule has 0 aromatic heterocycles. The second-order valence-electron chi connectivity index (χ2n) is 14.2. The average Bonchev–Trinajstić information content (AvgIpc) is 3.24. The van der Waals surface area contributed by atoms with Gasteiger partial charge in [-0.05, 0) is 54.9 Å². The van der Waals surface area contributed by atoms with E-state index in [4.69, 9.17) is 14.2 Å². The van der Waals surface area contributed by atoms with E-state index in [1.807, 2.05) is 91.0 Å². The Hall–Kier alpha value is -5.95. The van der Waals surface area contributed by atoms with E-state index in [1.54, 1.807) is 26.8 Å². The summed E-state index contributed by atoms with van der Waals surface area (Å²) in [4.78, 5) is 58.8. The molecule has 0 bridgehead atoms. The van der Waals surface area contributed by atoms with Gasteiger partial charge in [-0.25, -0.2) is 14.4 Å². The van der Waals surface area contributed by atoms with E-state index >= 15 is 0 Å². The second kappa shape index (κ2) is 22.6. The molecule has 1 heterocycles. The Morgan fingerprint density at radius 1 is 0.544 bits per heavy atom. The molecule has 0 saturated carbocycles. The number of hydrogen-bond donors (Lipinski definition) is 0. The number of carbonyl (C=O) groups is 3. The summed E-state index contributed by atoms with van der Waals surface area (Å²) in [6, 6.07) is 35.0. The van der Waals surface area contributed by atoms with Crippen molar-refractivity contribution in [2.45, 2.75) is 65.0 Å². The molecule has 57 heavy (non-hydrogen) atoms. The molecule has 1 aliphatic heterocycles. The van der Waals surface area contributed by atoms with Crippen LogP contribution in [0.2, 0.25) is 0 Å². The van der Waals surface area contributed by atoms with Crippen LogP contribution >= 0.6 is 0 Å². The molecular formula is C44H53N5O8. The van der Waals surface area contributed by atoms with Crippen molar-refractivity contribution in [3.8, 4) is 0 Å². The number of amides is 3. The van der Waals surface area contributed by atoms with Gasteiger partial charge in [-0.3, -0.25) is 15.0 Å². The zero-order valence-corrected chi connectivity index (χ0v) is 32.7. The summed E-state index contributed by atoms with van der Waals surface area (Å²) in [5.74, 6) is 0. The molecule has 13 nitrogen and oxygen atoms in total. The summed E-state index contributed by atoms with van der Waals surface area (Å²) in [5.41, 5.74) is 3.58. The van der Waals surface area contributed by atoms with Crippen LogP contribution in [0.5, 0.6) is 0 Å². The van der Waals surface area contributed by atoms with E-state index in [0.717, 1.165) is 22.3 Å². The number of carbonyl (C=O) groups excluding carboxylic acids is 3. The molecule has 1 atom stereocenters. The number of ether oxygens (including phenoxy) is 3. The van der Waals surface area contributed by atoms with Crippen molar-refractivity contribution in [3.63, 3.8) is 0 Å². The van der Waals surface area contributed by atoms with Crippen molar-refractivity contribution in [1.29, 1.82) is 0 Å². The van der Waals surface area contributed by atoms with E-state index in [0.29, 0.717) is 78.0 Å². The first-order valence-electron chi connectivity index (χ1n) is 19.6. The third-order valence-electron chi connectivity index (χ3n) is 9.95. The van der Waals surface area contributed by atoms with Crippen LogP contribution in [0.25, 0.3) is 0 Å². The highest BCUT2D eigenvalue weighted by Crippen LogP contribution is 2.18. The fourth-order valence-electron chi connectivity index (χ4n) is 6.62. The molecule has 4 aromatic carbocycles. The van der Waals surface area contributed by atoms with E-state index < -0.39 is 23.2 Å². The first-order valence-corrected chi connectivity index (χ1v) is 19.6. The Kier molecular flexibility index (Phi) is 16.7. The topological polar surface area (TPSA) is 135 Å². The molecule has 1 fully saturated rings. The van der Waals surface area contributed by atoms with Gasteiger partial charge in [-0.1, -0.05) is 103 Å². The molecule has 3 amide bonds. The zero-order valence-electron chi connectivity index (χ0n) is 32.7. The normalized spacial score (nSPS) is 16.4. The van der Waals surface area contributed by atoms with Crippen LogP contribution < -0.4 is 0 Å². The van der Waals surface area contributed by atoms with E-state index in [9.17, 15) is 24.5 Å². The van der Waals surface area contributed by atoms with Crippen molar-refractivity contribution in [3.05, 3.63) is 148 Å². The number of nitro groups is 1. The number of rotatable bonds is 9. The first-order chi connectivity index (χ1) is 27.7. The number of non-ortho nitro benzene ring substituents is 1. The lowest BCUT2D eigenvalue weighted by molar-refractivity contribution is -0.384. The average molecular weight is 780 g/mol. The Labute approximate surface area is 334 Å². The van der Waals surface area contributed by atoms with Crippen molar-refractivity contribution in [2.24, 2.45) is 0 Å². The van der Waals surface area contributed by atoms with Gasteiger partial charge < -0.3 is 28.9 Å². The Morgan fingerprint density at radius 2 is 0.912 bits per heavy atom. The predicted octanol–water partition coefficient (Wildman–Crippen LogP) is 8.28. The van der Waals surface area contributed by atoms with E-state index in [-0.39, 0.29) is 31.5 Å². The maximum Gasteiger partial charge on any atom is 0.410 e. The zero-order chi connectivity index (χ0) is 40.2. The molecule has 0 spiro atoms. The minimum absolute atomic E-state index is 0.0135. The van der Waals surface area contributed by atoms with Crippen LogP contribution in [0.4, 0.5) is 20.1 Å². The van der Waals surface area contributed by atoms with Gasteiger partial charge in [-0.2, -0.15) is 0 Å². The highest BCUT2D eigenvalue weighted by Gasteiger charge is 2.24. The van der Waals surface area contributed by atoms with Gasteiger partial charge in [0.15, 0.2) is 0 Å². The van der Waals surface area contributed by atoms with Crippen LogP contribution in [0.1, 0.15) is 54.9 Å². The predicted molar refractivity (Wildman–Crippen MR) is 216 cm³/mol. The fraction of sp³-hybridized carbons (Fsp3) is 0.386. The SMILES string of the molecule is CC1CCN(C(=O)OCc2ccccc2)CCCN(C(=O)OCc2ccccc2)CCCN(C(=O)OCc2ccccc2)CCCN1Cc1ccc([N+](=O)[O-])cc1. The van der Waals surface area contributed by atoms with Crippen LogP contribution in [0, 0.1) is 10.1 Å². The summed E-state index contributed by atoms with van der Waals surface area (Å²) in [5, 5.41) is 11.3. The molecular weight excluding hydrogens is 727 g/mol. The Bertz CT molecular complexity index is 1830. The molecule has 4 aromatic rings. The highest BCUT2D eigenvalue weighted by atomic mass is 16.6. The fourth-order valence-corrected chi connectivity index (χ4v) is 6.62. The van der Waals surface area contributed by atoms with E-state index in [2.05, 4.69) is 11.8 Å². The number of hydrogen-bond acceptors (Lipinski definition) is 9. The van der Waals surface area contributed by atoms with Crippen LogP contribution in [-0.4, -0.2) is 94.7 Å². The molecule has 302 valence electrons. The van der Waals surface area contributed by atoms with Crippen LogP contribution in [0.3, 0.4) is 0 Å². The minimum Gasteiger partial charge on any atom is -0.445 e. The van der Waals surface area contributed by atoms with Gasteiger partial charge in [0.1, 0.15) is 19.8 Å². The third-order valence-corrected chi connectivity index (χ3v) is 9.95. The quantitative estimate of drug-likeness (QED) is 0.0935. The molecule has 13 heteroatoms. The maximum atomic E-state index is 13.6. The molecule has 5 rings (SSSR count). The highest BCUT2D eigenvalue weighted by molar-refractivity contribution is 5.69. The van der Waals surface area contributed by atoms with Crippen molar-refractivity contribution < 1.29 is 33.5 Å².